The average molecular weight is 425 g/mol. The Balaban J connectivity index is 2.12. The Kier molecular flexibility index (Phi) is 8.06. The smallest absolute Gasteiger partial charge is 0.342 e. The zero-order valence-electron chi connectivity index (χ0n) is 18.1. The molecule has 0 fully saturated rings. The van der Waals surface area contributed by atoms with Crippen molar-refractivity contribution in [1.29, 1.82) is 0 Å². The summed E-state index contributed by atoms with van der Waals surface area (Å²) in [7, 11) is 1.00. The topological polar surface area (TPSA) is 35.5 Å². The van der Waals surface area contributed by atoms with Gasteiger partial charge in [-0.05, 0) is 57.9 Å². The third-order valence-electron chi connectivity index (χ3n) is 5.83. The minimum Gasteiger partial charge on any atom is -0.342 e. The molecule has 30 heavy (non-hydrogen) atoms. The van der Waals surface area contributed by atoms with Crippen LogP contribution in [-0.4, -0.2) is 25.2 Å². The van der Waals surface area contributed by atoms with Gasteiger partial charge in [-0.25, -0.2) is 0 Å². The SMILES string of the molecule is C=C(C)C(CC[C@H](C)O[C@@](OC)(c1ccccc1)C(F)(F)F)CC1=C(C)CCC1=O. The molecule has 0 radical (unpaired) electrons. The van der Waals surface area contributed by atoms with E-state index in [-0.39, 0.29) is 17.3 Å². The van der Waals surface area contributed by atoms with Crippen LogP contribution in [0.15, 0.2) is 53.6 Å². The number of allylic oxidation sites excluding steroid dienone is 3. The Morgan fingerprint density at radius 1 is 1.17 bits per heavy atom. The van der Waals surface area contributed by atoms with Crippen LogP contribution < -0.4 is 0 Å². The first-order chi connectivity index (χ1) is 14.0. The number of alkyl halides is 3. The summed E-state index contributed by atoms with van der Waals surface area (Å²) >= 11 is 0. The number of rotatable bonds is 10. The number of halogens is 3. The molecule has 166 valence electrons. The lowest BCUT2D eigenvalue weighted by molar-refractivity contribution is -0.394. The second-order valence-electron chi connectivity index (χ2n) is 8.12. The summed E-state index contributed by atoms with van der Waals surface area (Å²) in [5.74, 6) is -2.64. The number of hydrogen-bond donors (Lipinski definition) is 0. The predicted octanol–water partition coefficient (Wildman–Crippen LogP) is 6.50. The first-order valence-electron chi connectivity index (χ1n) is 10.2. The summed E-state index contributed by atoms with van der Waals surface area (Å²) in [6.45, 7) is 9.50. The van der Waals surface area contributed by atoms with Gasteiger partial charge < -0.3 is 9.47 Å². The van der Waals surface area contributed by atoms with Gasteiger partial charge in [0.15, 0.2) is 5.78 Å². The van der Waals surface area contributed by atoms with Gasteiger partial charge >= 0.3 is 6.18 Å². The van der Waals surface area contributed by atoms with Crippen LogP contribution in [0.2, 0.25) is 0 Å². The second-order valence-corrected chi connectivity index (χ2v) is 8.12. The van der Waals surface area contributed by atoms with Gasteiger partial charge in [0.2, 0.25) is 0 Å². The minimum atomic E-state index is -4.75. The Labute approximate surface area is 177 Å². The molecule has 0 aromatic heterocycles. The number of methoxy groups -OCH3 is 1. The van der Waals surface area contributed by atoms with E-state index in [1.54, 1.807) is 13.0 Å². The molecule has 1 aromatic carbocycles. The zero-order chi connectivity index (χ0) is 22.5. The molecular weight excluding hydrogens is 393 g/mol. The van der Waals surface area contributed by atoms with Crippen LogP contribution in [0.3, 0.4) is 0 Å². The number of ketones is 1. The van der Waals surface area contributed by atoms with E-state index in [1.807, 2.05) is 13.8 Å². The van der Waals surface area contributed by atoms with Crippen molar-refractivity contribution < 1.29 is 27.4 Å². The van der Waals surface area contributed by atoms with Gasteiger partial charge in [-0.15, -0.1) is 0 Å². The Morgan fingerprint density at radius 2 is 1.80 bits per heavy atom. The maximum Gasteiger partial charge on any atom is 0.448 e. The van der Waals surface area contributed by atoms with Crippen molar-refractivity contribution in [3.05, 3.63) is 59.2 Å². The van der Waals surface area contributed by atoms with E-state index >= 15 is 0 Å². The summed E-state index contributed by atoms with van der Waals surface area (Å²) < 4.78 is 52.4. The number of hydrogen-bond acceptors (Lipinski definition) is 3. The van der Waals surface area contributed by atoms with Gasteiger partial charge in [-0.2, -0.15) is 13.2 Å². The average Bonchev–Trinajstić information content (AvgIpc) is 3.00. The molecule has 1 aliphatic carbocycles. The van der Waals surface area contributed by atoms with Gasteiger partial charge in [0, 0.05) is 19.1 Å². The normalized spacial score (nSPS) is 19.0. The molecule has 0 saturated carbocycles. The predicted molar refractivity (Wildman–Crippen MR) is 111 cm³/mol. The second kappa shape index (κ2) is 9.92. The molecule has 0 saturated heterocycles. The van der Waals surface area contributed by atoms with Crippen LogP contribution in [0.4, 0.5) is 13.2 Å². The number of Topliss-reactive ketones (excluding diaryl/α,β-unsaturated/α-hetero) is 1. The molecule has 1 aromatic rings. The van der Waals surface area contributed by atoms with E-state index in [1.165, 1.54) is 24.3 Å². The summed E-state index contributed by atoms with van der Waals surface area (Å²) in [5.41, 5.74) is 2.78. The lowest BCUT2D eigenvalue weighted by Crippen LogP contribution is -2.48. The monoisotopic (exact) mass is 424 g/mol. The highest BCUT2D eigenvalue weighted by Crippen LogP contribution is 2.44. The van der Waals surface area contributed by atoms with Crippen molar-refractivity contribution >= 4 is 5.78 Å². The van der Waals surface area contributed by atoms with Crippen molar-refractivity contribution in [2.45, 2.75) is 70.9 Å². The molecule has 0 amide bonds. The molecule has 1 unspecified atom stereocenters. The summed E-state index contributed by atoms with van der Waals surface area (Å²) in [4.78, 5) is 12.1. The van der Waals surface area contributed by atoms with Crippen LogP contribution in [0, 0.1) is 5.92 Å². The lowest BCUT2D eigenvalue weighted by Gasteiger charge is -2.37. The van der Waals surface area contributed by atoms with Gasteiger partial charge in [-0.3, -0.25) is 4.79 Å². The zero-order valence-corrected chi connectivity index (χ0v) is 18.1. The van der Waals surface area contributed by atoms with Crippen molar-refractivity contribution in [3.8, 4) is 0 Å². The van der Waals surface area contributed by atoms with Gasteiger partial charge in [-0.1, -0.05) is 48.1 Å². The first-order valence-corrected chi connectivity index (χ1v) is 10.2. The lowest BCUT2D eigenvalue weighted by atomic mass is 9.87. The molecule has 0 N–H and O–H groups in total. The summed E-state index contributed by atoms with van der Waals surface area (Å²) in [6.07, 6.45) is -2.59. The van der Waals surface area contributed by atoms with Crippen LogP contribution in [0.1, 0.15) is 58.4 Å². The first kappa shape index (κ1) is 24.4. The van der Waals surface area contributed by atoms with Gasteiger partial charge in [0.25, 0.3) is 5.79 Å². The van der Waals surface area contributed by atoms with Crippen molar-refractivity contribution in [2.24, 2.45) is 5.92 Å². The van der Waals surface area contributed by atoms with Crippen LogP contribution in [0.25, 0.3) is 0 Å². The van der Waals surface area contributed by atoms with Gasteiger partial charge in [0.1, 0.15) is 0 Å². The fraction of sp³-hybridized carbons (Fsp3) is 0.542. The molecule has 3 atom stereocenters. The Bertz CT molecular complexity index is 783. The van der Waals surface area contributed by atoms with Crippen LogP contribution in [0.5, 0.6) is 0 Å². The molecule has 0 spiro atoms. The standard InChI is InChI=1S/C24H31F3O3/c1-16(2)19(15-21-17(3)11-14-22(21)28)13-12-18(4)30-23(29-5,24(25,26)27)20-9-7-6-8-10-20/h6-10,18-19H,1,11-15H2,2-5H3/t18-,19?,23-/m0/s1. The highest BCUT2D eigenvalue weighted by molar-refractivity contribution is 5.98. The molecule has 3 nitrogen and oxygen atoms in total. The molecule has 0 bridgehead atoms. The van der Waals surface area contributed by atoms with E-state index in [9.17, 15) is 18.0 Å². The highest BCUT2D eigenvalue weighted by Gasteiger charge is 2.59. The van der Waals surface area contributed by atoms with Crippen LogP contribution >= 0.6 is 0 Å². The van der Waals surface area contributed by atoms with Crippen molar-refractivity contribution in [1.82, 2.24) is 0 Å². The van der Waals surface area contributed by atoms with Crippen molar-refractivity contribution in [2.75, 3.05) is 7.11 Å². The van der Waals surface area contributed by atoms with Crippen LogP contribution in [-0.2, 0) is 20.1 Å². The molecule has 6 heteroatoms. The molecule has 2 rings (SSSR count). The third-order valence-corrected chi connectivity index (χ3v) is 5.83. The van der Waals surface area contributed by atoms with E-state index in [0.29, 0.717) is 25.7 Å². The maximum atomic E-state index is 14.0. The fourth-order valence-corrected chi connectivity index (χ4v) is 3.91. The van der Waals surface area contributed by atoms with Gasteiger partial charge in [0.05, 0.1) is 6.10 Å². The maximum absolute atomic E-state index is 14.0. The molecule has 0 heterocycles. The minimum absolute atomic E-state index is 0.0163. The van der Waals surface area contributed by atoms with E-state index in [2.05, 4.69) is 6.58 Å². The molecule has 0 aliphatic heterocycles. The summed E-state index contributed by atoms with van der Waals surface area (Å²) in [6, 6.07) is 7.38. The largest absolute Gasteiger partial charge is 0.448 e. The third kappa shape index (κ3) is 5.41. The number of carbonyl (C=O) groups is 1. The van der Waals surface area contributed by atoms with Crippen molar-refractivity contribution in [3.63, 3.8) is 0 Å². The molecule has 1 aliphatic rings. The number of carbonyl (C=O) groups excluding carboxylic acids is 1. The van der Waals surface area contributed by atoms with E-state index in [4.69, 9.17) is 9.47 Å². The number of ether oxygens (including phenoxy) is 2. The molecular formula is C24H31F3O3. The highest BCUT2D eigenvalue weighted by atomic mass is 19.4. The summed E-state index contributed by atoms with van der Waals surface area (Å²) in [5, 5.41) is 0. The quantitative estimate of drug-likeness (QED) is 0.318. The van der Waals surface area contributed by atoms with E-state index in [0.717, 1.165) is 30.2 Å². The number of benzene rings is 1. The van der Waals surface area contributed by atoms with E-state index < -0.39 is 18.1 Å². The Hall–Kier alpha value is -1.92. The fourth-order valence-electron chi connectivity index (χ4n) is 3.91. The Morgan fingerprint density at radius 3 is 2.27 bits per heavy atom.